The molecule has 0 saturated heterocycles. The predicted molar refractivity (Wildman–Crippen MR) is 268 cm³/mol. The average molecular weight is 1040 g/mol. The molecule has 0 N–H and O–H groups in total. The summed E-state index contributed by atoms with van der Waals surface area (Å²) in [5, 5.41) is 0. The van der Waals surface area contributed by atoms with Gasteiger partial charge < -0.3 is 0 Å². The van der Waals surface area contributed by atoms with Crippen molar-refractivity contribution >= 4 is 46.4 Å². The standard InChI is InChI=1S/C58H44BN5O.Pt/c1-58(2,3)42-22-15-21-41(37-42)46-28-17-27-45(40-19-5-4-6-20-40)57(46)62-39-61(51-31-11-12-32-52(51)62)43-23-16-24-44(38-43)65-56-36-18-35-55(60-56)64-54-34-14-13-33-53(54)63-50-30-10-8-26-48(50)47-25-7-9-29-49(47)59(63)64;/h4-38H,1-3H3;/i7D,9D,25D,29D;. The number of para-hydroxylation sites is 6. The molecule has 0 atom stereocenters. The van der Waals surface area contributed by atoms with E-state index in [2.05, 4.69) is 162 Å². The molecule has 0 spiro atoms. The van der Waals surface area contributed by atoms with Gasteiger partial charge in [0.1, 0.15) is 0 Å². The quantitative estimate of drug-likeness (QED) is 0.149. The summed E-state index contributed by atoms with van der Waals surface area (Å²) < 4.78 is 48.2. The summed E-state index contributed by atoms with van der Waals surface area (Å²) in [4.78, 5) is 9.36. The summed E-state index contributed by atoms with van der Waals surface area (Å²) in [7, 11) is 0. The Bertz CT molecular complexity index is 3810. The van der Waals surface area contributed by atoms with Crippen LogP contribution in [-0.4, -0.2) is 21.1 Å². The minimum atomic E-state index is -0.652. The monoisotopic (exact) mass is 1040 g/mol. The Hall–Kier alpha value is -7.47. The molecule has 0 bridgehead atoms. The van der Waals surface area contributed by atoms with Gasteiger partial charge >= 0.3 is 315 Å². The maximum atomic E-state index is 9.30. The third kappa shape index (κ3) is 6.60. The van der Waals surface area contributed by atoms with Gasteiger partial charge in [0.15, 0.2) is 0 Å². The van der Waals surface area contributed by atoms with Crippen molar-refractivity contribution in [3.05, 3.63) is 222 Å². The summed E-state index contributed by atoms with van der Waals surface area (Å²) in [6.45, 7) is 6.12. The number of fused-ring (bicyclic) bond motifs is 9. The Morgan fingerprint density at radius 2 is 1.17 bits per heavy atom. The number of benzene rings is 8. The summed E-state index contributed by atoms with van der Waals surface area (Å²) in [6.07, 6.45) is 0. The number of rotatable bonds is 7. The fraction of sp³-hybridized carbons (Fsp3) is 0.0690. The van der Waals surface area contributed by atoms with Gasteiger partial charge in [0, 0.05) is 11.3 Å². The van der Waals surface area contributed by atoms with Gasteiger partial charge in [-0.05, 0) is 17.7 Å². The topological polar surface area (TPSA) is 38.5 Å². The molecule has 8 aromatic carbocycles. The van der Waals surface area contributed by atoms with Crippen molar-refractivity contribution in [3.63, 3.8) is 0 Å². The van der Waals surface area contributed by atoms with Crippen LogP contribution in [0.4, 0.5) is 22.9 Å². The van der Waals surface area contributed by atoms with Gasteiger partial charge in [-0.15, -0.1) is 0 Å². The molecule has 0 aliphatic carbocycles. The molecule has 2 aliphatic heterocycles. The van der Waals surface area contributed by atoms with Crippen LogP contribution in [0.5, 0.6) is 11.6 Å². The Balaban J connectivity index is 0.968. The molecule has 0 radical (unpaired) electrons. The Morgan fingerprint density at radius 3 is 1.97 bits per heavy atom. The van der Waals surface area contributed by atoms with E-state index < -0.39 is 6.98 Å². The molecule has 0 unspecified atom stereocenters. The van der Waals surface area contributed by atoms with Crippen LogP contribution in [0.15, 0.2) is 212 Å². The van der Waals surface area contributed by atoms with Crippen molar-refractivity contribution in [1.82, 2.24) is 14.1 Å². The SMILES string of the molecule is [2H]c1c([2H])c([2H])c2c(c1[2H])B1N(c3cccc(Oc4cccc(-n5[c](=[Pt])n(-c6c(-c7ccccc7)cccc6-c6cccc(C(C)(C)C)c6)c6ccccc65)c4)n3)c3ccccc3N1c1ccccc1-2. The minimum Gasteiger partial charge on any atom is -0.0615 e. The Morgan fingerprint density at radius 1 is 0.545 bits per heavy atom. The van der Waals surface area contributed by atoms with E-state index in [1.54, 1.807) is 0 Å². The second-order valence-corrected chi connectivity index (χ2v) is 18.7. The van der Waals surface area contributed by atoms with E-state index >= 15 is 0 Å². The van der Waals surface area contributed by atoms with Crippen LogP contribution in [0.1, 0.15) is 31.8 Å². The zero-order valence-electron chi connectivity index (χ0n) is 40.4. The van der Waals surface area contributed by atoms with Crippen molar-refractivity contribution in [1.29, 1.82) is 0 Å². The molecule has 2 aromatic heterocycles. The zero-order valence-corrected chi connectivity index (χ0v) is 38.7. The average Bonchev–Trinajstić information content (AvgIpc) is 3.88. The van der Waals surface area contributed by atoms with Crippen LogP contribution in [0.25, 0.3) is 55.8 Å². The van der Waals surface area contributed by atoms with Crippen molar-refractivity contribution in [2.24, 2.45) is 0 Å². The van der Waals surface area contributed by atoms with E-state index in [0.717, 1.165) is 71.1 Å². The van der Waals surface area contributed by atoms with Crippen molar-refractivity contribution in [3.8, 4) is 56.4 Å². The Kier molecular flexibility index (Phi) is 8.63. The molecule has 8 heteroatoms. The number of anilines is 4. The van der Waals surface area contributed by atoms with Gasteiger partial charge in [0.05, 0.1) is 5.48 Å². The number of aromatic nitrogens is 3. The number of nitrogens with zero attached hydrogens (tertiary/aromatic N) is 5. The van der Waals surface area contributed by atoms with Gasteiger partial charge in [-0.25, -0.2) is 0 Å². The third-order valence-electron chi connectivity index (χ3n) is 12.6. The van der Waals surface area contributed by atoms with Crippen LogP contribution in [0, 0.1) is 3.80 Å². The fourth-order valence-corrected chi connectivity index (χ4v) is 10.7. The molecule has 4 heterocycles. The van der Waals surface area contributed by atoms with E-state index in [-0.39, 0.29) is 29.6 Å². The Labute approximate surface area is 401 Å². The number of imidazole rings is 1. The molecule has 6 nitrogen and oxygen atoms in total. The molecule has 10 aromatic rings. The summed E-state index contributed by atoms with van der Waals surface area (Å²) in [5.41, 5.74) is 14.2. The molecule has 0 saturated carbocycles. The summed E-state index contributed by atoms with van der Waals surface area (Å²) >= 11 is 2.47. The number of hydrogen-bond acceptors (Lipinski definition) is 4. The minimum absolute atomic E-state index is 0.0239. The van der Waals surface area contributed by atoms with Crippen molar-refractivity contribution in [2.45, 2.75) is 26.2 Å². The fourth-order valence-electron chi connectivity index (χ4n) is 9.64. The number of pyridine rings is 1. The molecule has 12 rings (SSSR count). The molecular formula is C58H44BN5OPt. The normalized spacial score (nSPS) is 13.6. The zero-order chi connectivity index (χ0) is 48.0. The first-order valence-corrected chi connectivity index (χ1v) is 23.2. The molecular weight excluding hydrogens is 989 g/mol. The van der Waals surface area contributed by atoms with E-state index in [1.165, 1.54) is 5.56 Å². The maximum absolute atomic E-state index is 9.30. The molecule has 0 amide bonds. The van der Waals surface area contributed by atoms with Crippen LogP contribution in [0.2, 0.25) is 0 Å². The first-order chi connectivity index (χ1) is 34.0. The van der Waals surface area contributed by atoms with Gasteiger partial charge in [-0.2, -0.15) is 0 Å². The van der Waals surface area contributed by atoms with Crippen LogP contribution >= 0.6 is 0 Å². The second-order valence-electron chi connectivity index (χ2n) is 17.6. The summed E-state index contributed by atoms with van der Waals surface area (Å²) in [5.74, 6) is 1.54. The number of hydrogen-bond donors (Lipinski definition) is 0. The van der Waals surface area contributed by atoms with Crippen molar-refractivity contribution in [2.75, 3.05) is 9.62 Å². The first kappa shape index (κ1) is 35.8. The van der Waals surface area contributed by atoms with E-state index in [1.807, 2.05) is 84.9 Å². The molecule has 320 valence electrons. The van der Waals surface area contributed by atoms with Crippen LogP contribution < -0.4 is 19.8 Å². The third-order valence-corrected chi connectivity index (χ3v) is 13.7. The molecule has 2 aliphatic rings. The van der Waals surface area contributed by atoms with E-state index in [4.69, 9.17) is 13.8 Å². The van der Waals surface area contributed by atoms with Gasteiger partial charge in [-0.1, -0.05) is 54.5 Å². The first-order valence-electron chi connectivity index (χ1n) is 24.1. The molecule has 66 heavy (non-hydrogen) atoms. The van der Waals surface area contributed by atoms with Gasteiger partial charge in [0.2, 0.25) is 0 Å². The molecule has 0 fully saturated rings. The van der Waals surface area contributed by atoms with E-state index in [9.17, 15) is 1.37 Å². The smallest absolute Gasteiger partial charge is 0.0615 e. The van der Waals surface area contributed by atoms with E-state index in [0.29, 0.717) is 28.5 Å². The predicted octanol–water partition coefficient (Wildman–Crippen LogP) is 14.0. The van der Waals surface area contributed by atoms with Crippen LogP contribution in [-0.2, 0) is 24.8 Å². The van der Waals surface area contributed by atoms with Gasteiger partial charge in [-0.3, -0.25) is 0 Å². The summed E-state index contributed by atoms with van der Waals surface area (Å²) in [6, 6.07) is 63.6. The second kappa shape index (κ2) is 15.9. The number of ether oxygens (including phenoxy) is 1. The van der Waals surface area contributed by atoms with Gasteiger partial charge in [0.25, 0.3) is 0 Å². The van der Waals surface area contributed by atoms with Crippen LogP contribution in [0.3, 0.4) is 0 Å². The van der Waals surface area contributed by atoms with Crippen molar-refractivity contribution < 1.29 is 29.6 Å².